The third-order valence-corrected chi connectivity index (χ3v) is 7.33. The number of halogens is 1. The molecule has 1 aromatic rings. The molecular formula is C18H27ClN2O3S. The van der Waals surface area contributed by atoms with Gasteiger partial charge in [-0.1, -0.05) is 44.7 Å². The topological polar surface area (TPSA) is 57.7 Å². The Kier molecular flexibility index (Phi) is 6.88. The summed E-state index contributed by atoms with van der Waals surface area (Å²) < 4.78 is 26.8. The van der Waals surface area contributed by atoms with Crippen LogP contribution in [0.15, 0.2) is 23.1 Å². The van der Waals surface area contributed by atoms with Crippen molar-refractivity contribution in [1.29, 1.82) is 0 Å². The zero-order valence-electron chi connectivity index (χ0n) is 15.2. The van der Waals surface area contributed by atoms with E-state index in [1.54, 1.807) is 25.8 Å². The fourth-order valence-corrected chi connectivity index (χ4v) is 5.05. The van der Waals surface area contributed by atoms with Gasteiger partial charge in [0.1, 0.15) is 0 Å². The maximum atomic E-state index is 12.9. The summed E-state index contributed by atoms with van der Waals surface area (Å²) in [5.74, 6) is -0.214. The molecule has 5 nitrogen and oxygen atoms in total. The second kappa shape index (κ2) is 8.52. The Morgan fingerprint density at radius 3 is 2.32 bits per heavy atom. The monoisotopic (exact) mass is 386 g/mol. The SMILES string of the molecule is CCN(CC)S(=O)(=O)c1ccc(Cl)c(C(=O)N(C)C2CCCCC2)c1. The quantitative estimate of drug-likeness (QED) is 0.747. The van der Waals surface area contributed by atoms with E-state index in [-0.39, 0.29) is 27.4 Å². The van der Waals surface area contributed by atoms with Crippen LogP contribution in [-0.2, 0) is 10.0 Å². The van der Waals surface area contributed by atoms with Crippen LogP contribution >= 0.6 is 11.6 Å². The minimum atomic E-state index is -3.62. The van der Waals surface area contributed by atoms with Crippen molar-refractivity contribution < 1.29 is 13.2 Å². The highest BCUT2D eigenvalue weighted by Crippen LogP contribution is 2.27. The molecule has 0 bridgehead atoms. The molecule has 2 rings (SSSR count). The number of hydrogen-bond donors (Lipinski definition) is 0. The van der Waals surface area contributed by atoms with Gasteiger partial charge in [0.05, 0.1) is 15.5 Å². The van der Waals surface area contributed by atoms with Crippen LogP contribution in [0.25, 0.3) is 0 Å². The summed E-state index contributed by atoms with van der Waals surface area (Å²) in [6, 6.07) is 4.57. The van der Waals surface area contributed by atoms with Gasteiger partial charge >= 0.3 is 0 Å². The summed E-state index contributed by atoms with van der Waals surface area (Å²) >= 11 is 6.22. The number of nitrogens with zero attached hydrogens (tertiary/aromatic N) is 2. The van der Waals surface area contributed by atoms with Crippen molar-refractivity contribution in [2.45, 2.75) is 56.9 Å². The zero-order chi connectivity index (χ0) is 18.6. The molecule has 0 atom stereocenters. The fourth-order valence-electron chi connectivity index (χ4n) is 3.37. The summed E-state index contributed by atoms with van der Waals surface area (Å²) in [6.45, 7) is 4.35. The van der Waals surface area contributed by atoms with Gasteiger partial charge in [-0.25, -0.2) is 8.42 Å². The summed E-state index contributed by atoms with van der Waals surface area (Å²) in [7, 11) is -1.84. The van der Waals surface area contributed by atoms with Gasteiger partial charge in [0.2, 0.25) is 10.0 Å². The van der Waals surface area contributed by atoms with Gasteiger partial charge in [-0.2, -0.15) is 4.31 Å². The molecule has 1 aromatic carbocycles. The third kappa shape index (κ3) is 4.36. The van der Waals surface area contributed by atoms with Crippen molar-refractivity contribution in [1.82, 2.24) is 9.21 Å². The van der Waals surface area contributed by atoms with Crippen LogP contribution in [-0.4, -0.2) is 49.7 Å². The lowest BCUT2D eigenvalue weighted by molar-refractivity contribution is 0.0696. The van der Waals surface area contributed by atoms with Crippen molar-refractivity contribution in [2.24, 2.45) is 0 Å². The predicted molar refractivity (Wildman–Crippen MR) is 101 cm³/mol. The first kappa shape index (κ1) is 20.2. The van der Waals surface area contributed by atoms with E-state index in [9.17, 15) is 13.2 Å². The molecule has 1 saturated carbocycles. The van der Waals surface area contributed by atoms with Crippen LogP contribution in [0.1, 0.15) is 56.3 Å². The molecule has 1 amide bonds. The first-order chi connectivity index (χ1) is 11.8. The molecule has 0 spiro atoms. The van der Waals surface area contributed by atoms with E-state index in [1.165, 1.54) is 28.9 Å². The minimum absolute atomic E-state index is 0.112. The van der Waals surface area contributed by atoms with Gasteiger partial charge in [0.15, 0.2) is 0 Å². The predicted octanol–water partition coefficient (Wildman–Crippen LogP) is 3.78. The second-order valence-electron chi connectivity index (χ2n) is 6.44. The van der Waals surface area contributed by atoms with E-state index in [2.05, 4.69) is 0 Å². The maximum absolute atomic E-state index is 12.9. The van der Waals surface area contributed by atoms with Crippen LogP contribution in [0.3, 0.4) is 0 Å². The van der Waals surface area contributed by atoms with Crippen molar-refractivity contribution >= 4 is 27.5 Å². The van der Waals surface area contributed by atoms with E-state index >= 15 is 0 Å². The smallest absolute Gasteiger partial charge is 0.255 e. The number of rotatable bonds is 6. The summed E-state index contributed by atoms with van der Waals surface area (Å²) in [4.78, 5) is 14.7. The number of carbonyl (C=O) groups excluding carboxylic acids is 1. The average molecular weight is 387 g/mol. The number of amides is 1. The van der Waals surface area contributed by atoms with Crippen molar-refractivity contribution in [3.05, 3.63) is 28.8 Å². The number of hydrogen-bond acceptors (Lipinski definition) is 3. The lowest BCUT2D eigenvalue weighted by atomic mass is 9.94. The molecule has 0 radical (unpaired) electrons. The Morgan fingerprint density at radius 2 is 1.76 bits per heavy atom. The molecule has 0 aliphatic heterocycles. The van der Waals surface area contributed by atoms with Gasteiger partial charge < -0.3 is 4.90 Å². The fraction of sp³-hybridized carbons (Fsp3) is 0.611. The molecule has 140 valence electrons. The molecule has 1 fully saturated rings. The number of carbonyl (C=O) groups is 1. The highest BCUT2D eigenvalue weighted by molar-refractivity contribution is 7.89. The van der Waals surface area contributed by atoms with Gasteiger partial charge in [-0.3, -0.25) is 4.79 Å². The molecular weight excluding hydrogens is 360 g/mol. The molecule has 7 heteroatoms. The van der Waals surface area contributed by atoms with Gasteiger partial charge in [-0.15, -0.1) is 0 Å². The molecule has 25 heavy (non-hydrogen) atoms. The highest BCUT2D eigenvalue weighted by Gasteiger charge is 2.27. The van der Waals surface area contributed by atoms with E-state index in [1.807, 2.05) is 0 Å². The van der Waals surface area contributed by atoms with Crippen molar-refractivity contribution in [3.8, 4) is 0 Å². The van der Waals surface area contributed by atoms with Crippen molar-refractivity contribution in [3.63, 3.8) is 0 Å². The molecule has 0 N–H and O–H groups in total. The average Bonchev–Trinajstić information content (AvgIpc) is 2.62. The van der Waals surface area contributed by atoms with Gasteiger partial charge in [-0.05, 0) is 31.0 Å². The van der Waals surface area contributed by atoms with Crippen molar-refractivity contribution in [2.75, 3.05) is 20.1 Å². The summed E-state index contributed by atoms with van der Waals surface area (Å²) in [5.41, 5.74) is 0.253. The number of benzene rings is 1. The van der Waals surface area contributed by atoms with E-state index in [0.29, 0.717) is 13.1 Å². The third-order valence-electron chi connectivity index (χ3n) is 4.95. The van der Waals surface area contributed by atoms with E-state index in [4.69, 9.17) is 11.6 Å². The second-order valence-corrected chi connectivity index (χ2v) is 8.78. The lowest BCUT2D eigenvalue weighted by Gasteiger charge is -2.31. The number of sulfonamides is 1. The minimum Gasteiger partial charge on any atom is -0.339 e. The van der Waals surface area contributed by atoms with Crippen LogP contribution in [0.5, 0.6) is 0 Å². The molecule has 0 saturated heterocycles. The first-order valence-electron chi connectivity index (χ1n) is 8.89. The standard InChI is InChI=1S/C18H27ClN2O3S/c1-4-21(5-2)25(23,24)15-11-12-17(19)16(13-15)18(22)20(3)14-9-7-6-8-10-14/h11-14H,4-10H2,1-3H3. The van der Waals surface area contributed by atoms with Gasteiger partial charge in [0.25, 0.3) is 5.91 Å². The largest absolute Gasteiger partial charge is 0.339 e. The Labute approximate surface area is 156 Å². The maximum Gasteiger partial charge on any atom is 0.255 e. The Hall–Kier alpha value is -1.11. The molecule has 1 aliphatic carbocycles. The summed E-state index contributed by atoms with van der Waals surface area (Å²) in [6.07, 6.45) is 5.41. The Bertz CT molecular complexity index is 711. The Morgan fingerprint density at radius 1 is 1.16 bits per heavy atom. The van der Waals surface area contributed by atoms with Crippen LogP contribution in [0.4, 0.5) is 0 Å². The lowest BCUT2D eigenvalue weighted by Crippen LogP contribution is -2.38. The van der Waals surface area contributed by atoms with E-state index < -0.39 is 10.0 Å². The molecule has 0 unspecified atom stereocenters. The van der Waals surface area contributed by atoms with Crippen LogP contribution < -0.4 is 0 Å². The zero-order valence-corrected chi connectivity index (χ0v) is 16.7. The highest BCUT2D eigenvalue weighted by atomic mass is 35.5. The van der Waals surface area contributed by atoms with Crippen LogP contribution in [0, 0.1) is 0 Å². The normalized spacial score (nSPS) is 16.2. The first-order valence-corrected chi connectivity index (χ1v) is 10.7. The summed E-state index contributed by atoms with van der Waals surface area (Å²) in [5, 5.41) is 0.283. The van der Waals surface area contributed by atoms with Gasteiger partial charge in [0, 0.05) is 26.2 Å². The Balaban J connectivity index is 2.34. The molecule has 1 aliphatic rings. The van der Waals surface area contributed by atoms with Crippen LogP contribution in [0.2, 0.25) is 5.02 Å². The molecule has 0 heterocycles. The molecule has 0 aromatic heterocycles. The van der Waals surface area contributed by atoms with E-state index in [0.717, 1.165) is 25.7 Å².